The average molecular weight is 265 g/mol. The summed E-state index contributed by atoms with van der Waals surface area (Å²) in [5.74, 6) is 0.440. The lowest BCUT2D eigenvalue weighted by Gasteiger charge is -2.09. The van der Waals surface area contributed by atoms with Crippen molar-refractivity contribution in [3.63, 3.8) is 0 Å². The first-order chi connectivity index (χ1) is 7.88. The normalized spacial score (nSPS) is 13.5. The lowest BCUT2D eigenvalue weighted by molar-refractivity contribution is -0.0329. The molecule has 0 aromatic heterocycles. The minimum absolute atomic E-state index is 0.0295. The van der Waals surface area contributed by atoms with Crippen LogP contribution in [0.2, 0.25) is 0 Å². The van der Waals surface area contributed by atoms with E-state index in [1.165, 1.54) is 0 Å². The van der Waals surface area contributed by atoms with Crippen LogP contribution < -0.4 is 10.5 Å². The number of hydrogen-bond donors (Lipinski definition) is 1. The summed E-state index contributed by atoms with van der Waals surface area (Å²) in [5.41, 5.74) is 2.43. The summed E-state index contributed by atoms with van der Waals surface area (Å²) in [6, 6.07) is 6.95. The zero-order valence-electron chi connectivity index (χ0n) is 9.33. The predicted molar refractivity (Wildman–Crippen MR) is 63.1 cm³/mol. The van der Waals surface area contributed by atoms with Crippen molar-refractivity contribution in [3.05, 3.63) is 29.8 Å². The van der Waals surface area contributed by atoms with Crippen molar-refractivity contribution in [2.75, 3.05) is 12.4 Å². The molecule has 0 aliphatic carbocycles. The van der Waals surface area contributed by atoms with Gasteiger partial charge in [0.25, 0.3) is 0 Å². The number of alkyl halides is 3. The number of ether oxygens (including phenoxy) is 1. The van der Waals surface area contributed by atoms with Crippen LogP contribution in [0.5, 0.6) is 5.75 Å². The Kier molecular flexibility index (Phi) is 5.14. The van der Waals surface area contributed by atoms with Gasteiger partial charge in [-0.2, -0.15) is 13.2 Å². The molecule has 0 aliphatic rings. The maximum Gasteiger partial charge on any atom is 0.441 e. The second-order valence-corrected chi connectivity index (χ2v) is 4.66. The summed E-state index contributed by atoms with van der Waals surface area (Å²) >= 11 is -0.0841. The first-order valence-corrected chi connectivity index (χ1v) is 6.06. The Balaban J connectivity index is 2.33. The molecule has 6 heteroatoms. The summed E-state index contributed by atoms with van der Waals surface area (Å²) in [6.45, 7) is 1.89. The molecule has 0 saturated heterocycles. The van der Waals surface area contributed by atoms with Crippen LogP contribution in [0.4, 0.5) is 13.2 Å². The van der Waals surface area contributed by atoms with Gasteiger partial charge in [0.05, 0.1) is 6.61 Å². The minimum atomic E-state index is -4.19. The average Bonchev–Trinajstić information content (AvgIpc) is 2.24. The summed E-state index contributed by atoms with van der Waals surface area (Å²) in [7, 11) is 0. The fourth-order valence-corrected chi connectivity index (χ4v) is 1.58. The molecule has 0 spiro atoms. The van der Waals surface area contributed by atoms with E-state index in [-0.39, 0.29) is 30.2 Å². The van der Waals surface area contributed by atoms with Crippen molar-refractivity contribution in [2.45, 2.75) is 18.5 Å². The van der Waals surface area contributed by atoms with Crippen LogP contribution >= 0.6 is 11.8 Å². The zero-order chi connectivity index (χ0) is 12.9. The molecule has 1 atom stereocenters. The van der Waals surface area contributed by atoms with Gasteiger partial charge in [-0.1, -0.05) is 12.1 Å². The fourth-order valence-electron chi connectivity index (χ4n) is 1.18. The number of rotatable bonds is 5. The summed E-state index contributed by atoms with van der Waals surface area (Å²) in [6.07, 6.45) is 0. The van der Waals surface area contributed by atoms with Crippen molar-refractivity contribution in [3.8, 4) is 5.75 Å². The van der Waals surface area contributed by atoms with Crippen LogP contribution in [0, 0.1) is 0 Å². The number of hydrogen-bond acceptors (Lipinski definition) is 3. The molecule has 0 radical (unpaired) electrons. The van der Waals surface area contributed by atoms with Crippen LogP contribution in [-0.4, -0.2) is 17.9 Å². The molecule has 0 aliphatic heterocycles. The van der Waals surface area contributed by atoms with Crippen molar-refractivity contribution < 1.29 is 17.9 Å². The third-order valence-corrected chi connectivity index (χ3v) is 2.72. The van der Waals surface area contributed by atoms with Gasteiger partial charge in [-0.25, -0.2) is 0 Å². The standard InChI is InChI=1S/C11H14F3NOS/c1-8(15)9-2-4-10(5-3-9)16-6-7-17-11(12,13)14/h2-5,8H,6-7,15H2,1H3/t8-/m1/s1. The highest BCUT2D eigenvalue weighted by Gasteiger charge is 2.27. The number of benzene rings is 1. The van der Waals surface area contributed by atoms with Crippen molar-refractivity contribution in [1.82, 2.24) is 0 Å². The highest BCUT2D eigenvalue weighted by molar-refractivity contribution is 8.00. The third-order valence-electron chi connectivity index (χ3n) is 2.02. The van der Waals surface area contributed by atoms with Crippen molar-refractivity contribution in [2.24, 2.45) is 5.73 Å². The van der Waals surface area contributed by atoms with Gasteiger partial charge in [-0.05, 0) is 36.4 Å². The minimum Gasteiger partial charge on any atom is -0.493 e. The SMILES string of the molecule is C[C@@H](N)c1ccc(OCCSC(F)(F)F)cc1. The quantitative estimate of drug-likeness (QED) is 0.829. The molecular weight excluding hydrogens is 251 g/mol. The van der Waals surface area contributed by atoms with Gasteiger partial charge >= 0.3 is 5.51 Å². The van der Waals surface area contributed by atoms with E-state index in [0.29, 0.717) is 5.75 Å². The van der Waals surface area contributed by atoms with E-state index in [4.69, 9.17) is 10.5 Å². The highest BCUT2D eigenvalue weighted by Crippen LogP contribution is 2.29. The van der Waals surface area contributed by atoms with E-state index >= 15 is 0 Å². The second-order valence-electron chi connectivity index (χ2n) is 3.50. The summed E-state index contributed by atoms with van der Waals surface area (Å²) < 4.78 is 40.6. The molecule has 0 fully saturated rings. The fraction of sp³-hybridized carbons (Fsp3) is 0.455. The molecule has 1 aromatic rings. The maximum absolute atomic E-state index is 11.8. The molecule has 0 heterocycles. The Morgan fingerprint density at radius 1 is 1.29 bits per heavy atom. The smallest absolute Gasteiger partial charge is 0.441 e. The Hall–Kier alpha value is -0.880. The summed E-state index contributed by atoms with van der Waals surface area (Å²) in [4.78, 5) is 0. The zero-order valence-corrected chi connectivity index (χ0v) is 10.1. The molecule has 1 aromatic carbocycles. The Morgan fingerprint density at radius 2 is 1.88 bits per heavy atom. The Labute approximate surface area is 102 Å². The van der Waals surface area contributed by atoms with Gasteiger partial charge in [0, 0.05) is 11.8 Å². The van der Waals surface area contributed by atoms with Gasteiger partial charge in [0.1, 0.15) is 5.75 Å². The van der Waals surface area contributed by atoms with Crippen LogP contribution in [0.3, 0.4) is 0 Å². The van der Waals surface area contributed by atoms with Crippen LogP contribution in [0.25, 0.3) is 0 Å². The molecule has 2 N–H and O–H groups in total. The lowest BCUT2D eigenvalue weighted by atomic mass is 10.1. The lowest BCUT2D eigenvalue weighted by Crippen LogP contribution is -2.08. The van der Waals surface area contributed by atoms with Gasteiger partial charge < -0.3 is 10.5 Å². The van der Waals surface area contributed by atoms with E-state index in [1.54, 1.807) is 24.3 Å². The molecule has 96 valence electrons. The van der Waals surface area contributed by atoms with Crippen LogP contribution in [-0.2, 0) is 0 Å². The van der Waals surface area contributed by atoms with Gasteiger partial charge in [0.15, 0.2) is 0 Å². The number of thioether (sulfide) groups is 1. The summed E-state index contributed by atoms with van der Waals surface area (Å²) in [5, 5.41) is 0. The van der Waals surface area contributed by atoms with Crippen LogP contribution in [0.1, 0.15) is 18.5 Å². The van der Waals surface area contributed by atoms with E-state index in [2.05, 4.69) is 0 Å². The molecule has 0 amide bonds. The largest absolute Gasteiger partial charge is 0.493 e. The van der Waals surface area contributed by atoms with E-state index in [0.717, 1.165) is 5.56 Å². The topological polar surface area (TPSA) is 35.2 Å². The van der Waals surface area contributed by atoms with Gasteiger partial charge in [-0.15, -0.1) is 0 Å². The van der Waals surface area contributed by atoms with E-state index < -0.39 is 5.51 Å². The van der Waals surface area contributed by atoms with Gasteiger partial charge in [-0.3, -0.25) is 0 Å². The van der Waals surface area contributed by atoms with Gasteiger partial charge in [0.2, 0.25) is 0 Å². The Morgan fingerprint density at radius 3 is 2.35 bits per heavy atom. The van der Waals surface area contributed by atoms with Crippen molar-refractivity contribution >= 4 is 11.8 Å². The molecule has 1 rings (SSSR count). The first-order valence-electron chi connectivity index (χ1n) is 5.07. The maximum atomic E-state index is 11.8. The molecule has 17 heavy (non-hydrogen) atoms. The Bertz CT molecular complexity index is 338. The number of halogens is 3. The third kappa shape index (κ3) is 5.83. The second kappa shape index (κ2) is 6.16. The van der Waals surface area contributed by atoms with E-state index in [9.17, 15) is 13.2 Å². The highest BCUT2D eigenvalue weighted by atomic mass is 32.2. The molecule has 2 nitrogen and oxygen atoms in total. The monoisotopic (exact) mass is 265 g/mol. The van der Waals surface area contributed by atoms with Crippen molar-refractivity contribution in [1.29, 1.82) is 0 Å². The number of nitrogens with two attached hydrogens (primary N) is 1. The van der Waals surface area contributed by atoms with Crippen LogP contribution in [0.15, 0.2) is 24.3 Å². The first kappa shape index (κ1) is 14.2. The molecule has 0 bridgehead atoms. The molecular formula is C11H14F3NOS. The molecule has 0 saturated carbocycles. The van der Waals surface area contributed by atoms with E-state index in [1.807, 2.05) is 6.92 Å². The molecule has 0 unspecified atom stereocenters. The predicted octanol–water partition coefficient (Wildman–Crippen LogP) is 3.34.